The first kappa shape index (κ1) is 21.2. The van der Waals surface area contributed by atoms with E-state index in [1.54, 1.807) is 30.5 Å². The summed E-state index contributed by atoms with van der Waals surface area (Å²) in [4.78, 5) is 5.09. The molecule has 0 unspecified atom stereocenters. The van der Waals surface area contributed by atoms with Gasteiger partial charge in [-0.1, -0.05) is 54.5 Å². The number of rotatable bonds is 2. The van der Waals surface area contributed by atoms with Gasteiger partial charge in [-0.2, -0.15) is 0 Å². The van der Waals surface area contributed by atoms with Crippen molar-refractivity contribution in [1.82, 2.24) is 5.48 Å². The summed E-state index contributed by atoms with van der Waals surface area (Å²) in [6, 6.07) is 22.4. The van der Waals surface area contributed by atoms with Crippen molar-refractivity contribution >= 4 is 11.8 Å². The van der Waals surface area contributed by atoms with E-state index in [9.17, 15) is 5.11 Å². The van der Waals surface area contributed by atoms with Crippen LogP contribution in [0.1, 0.15) is 16.7 Å². The van der Waals surface area contributed by atoms with Crippen LogP contribution in [0.4, 0.5) is 5.69 Å². The maximum atomic E-state index is 9.19. The first-order valence-corrected chi connectivity index (χ1v) is 9.02. The number of hydrogen-bond donors (Lipinski definition) is 3. The third kappa shape index (κ3) is 7.20. The van der Waals surface area contributed by atoms with Crippen molar-refractivity contribution < 1.29 is 9.94 Å². The normalized spacial score (nSPS) is 10.3. The topological polar surface area (TPSA) is 67.5 Å². The third-order valence-electron chi connectivity index (χ3n) is 3.83. The molecule has 3 aromatic rings. The summed E-state index contributed by atoms with van der Waals surface area (Å²) in [6.07, 6.45) is 11.4. The summed E-state index contributed by atoms with van der Waals surface area (Å²) >= 11 is 0. The molecule has 1 heterocycles. The molecule has 0 amide bonds. The van der Waals surface area contributed by atoms with Gasteiger partial charge in [0.15, 0.2) is 5.75 Å². The Hall–Kier alpha value is -4.10. The van der Waals surface area contributed by atoms with E-state index in [0.29, 0.717) is 11.4 Å². The molecule has 0 spiro atoms. The molecule has 0 saturated carbocycles. The monoisotopic (exact) mass is 384 g/mol. The highest BCUT2D eigenvalue weighted by Gasteiger charge is 2.01. The van der Waals surface area contributed by atoms with Crippen LogP contribution in [0, 0.1) is 12.3 Å². The van der Waals surface area contributed by atoms with Gasteiger partial charge in [0.2, 0.25) is 0 Å². The number of fused-ring (bicyclic) bond motifs is 1. The molecule has 4 rings (SSSR count). The Kier molecular flexibility index (Phi) is 8.47. The average Bonchev–Trinajstić information content (AvgIpc) is 2.76. The van der Waals surface area contributed by atoms with Crippen molar-refractivity contribution in [2.24, 2.45) is 0 Å². The number of hydrogen-bond acceptors (Lipinski definition) is 4. The number of anilines is 1. The minimum atomic E-state index is 0.349. The van der Waals surface area contributed by atoms with E-state index in [4.69, 9.17) is 17.0 Å². The van der Waals surface area contributed by atoms with Gasteiger partial charge in [0.05, 0.1) is 0 Å². The summed E-state index contributed by atoms with van der Waals surface area (Å²) < 4.78 is 0. The average molecular weight is 384 g/mol. The molecule has 0 saturated heterocycles. The summed E-state index contributed by atoms with van der Waals surface area (Å²) in [7, 11) is 0. The zero-order chi connectivity index (χ0) is 20.9. The lowest BCUT2D eigenvalue weighted by Crippen LogP contribution is -2.13. The number of nitrogens with two attached hydrogens (primary N) is 1. The Morgan fingerprint density at radius 3 is 2.48 bits per heavy atom. The van der Waals surface area contributed by atoms with Gasteiger partial charge < -0.3 is 15.7 Å². The van der Waals surface area contributed by atoms with Gasteiger partial charge in [-0.25, -0.2) is 5.48 Å². The Morgan fingerprint density at radius 2 is 1.83 bits per heavy atom. The Labute approximate surface area is 171 Å². The van der Waals surface area contributed by atoms with Crippen LogP contribution in [0.2, 0.25) is 0 Å². The van der Waals surface area contributed by atoms with Crippen molar-refractivity contribution in [3.63, 3.8) is 0 Å². The molecule has 1 aliphatic heterocycles. The number of nitrogen functional groups attached to an aromatic ring is 1. The van der Waals surface area contributed by atoms with Crippen LogP contribution in [0.25, 0.3) is 6.08 Å². The quantitative estimate of drug-likeness (QED) is 0.333. The summed E-state index contributed by atoms with van der Waals surface area (Å²) in [5.41, 5.74) is 11.7. The van der Waals surface area contributed by atoms with E-state index in [2.05, 4.69) is 18.0 Å². The molecule has 29 heavy (non-hydrogen) atoms. The largest absolute Gasteiger partial charge is 0.508 e. The molecule has 0 radical (unpaired) electrons. The second-order valence-corrected chi connectivity index (χ2v) is 5.98. The van der Waals surface area contributed by atoms with Crippen molar-refractivity contribution in [3.8, 4) is 23.8 Å². The first-order valence-electron chi connectivity index (χ1n) is 9.02. The Morgan fingerprint density at radius 1 is 1.07 bits per heavy atom. The predicted molar refractivity (Wildman–Crippen MR) is 120 cm³/mol. The molecule has 0 aliphatic carbocycles. The maximum absolute atomic E-state index is 9.19. The van der Waals surface area contributed by atoms with Crippen LogP contribution in [-0.2, 0) is 6.42 Å². The molecule has 1 aliphatic rings. The van der Waals surface area contributed by atoms with E-state index < -0.39 is 0 Å². The molecule has 4 nitrogen and oxygen atoms in total. The Balaban J connectivity index is 0.000000156. The zero-order valence-electron chi connectivity index (χ0n) is 16.1. The first-order chi connectivity index (χ1) is 14.1. The van der Waals surface area contributed by atoms with Gasteiger partial charge in [0, 0.05) is 23.0 Å². The Bertz CT molecular complexity index is 1000. The minimum absolute atomic E-state index is 0.349. The van der Waals surface area contributed by atoms with E-state index in [1.807, 2.05) is 60.7 Å². The molecular weight excluding hydrogens is 360 g/mol. The van der Waals surface area contributed by atoms with E-state index in [1.165, 1.54) is 0 Å². The zero-order valence-corrected chi connectivity index (χ0v) is 16.1. The highest BCUT2D eigenvalue weighted by atomic mass is 16.6. The van der Waals surface area contributed by atoms with E-state index in [-0.39, 0.29) is 0 Å². The summed E-state index contributed by atoms with van der Waals surface area (Å²) in [5.74, 6) is 3.72. The van der Waals surface area contributed by atoms with Crippen LogP contribution < -0.4 is 16.1 Å². The van der Waals surface area contributed by atoms with Crippen LogP contribution in [0.15, 0.2) is 91.7 Å². The number of para-hydroxylation sites is 2. The molecular formula is C25H24N2O2. The van der Waals surface area contributed by atoms with Crippen LogP contribution in [0.5, 0.6) is 11.5 Å². The molecule has 0 aromatic heterocycles. The number of hydroxylamine groups is 1. The van der Waals surface area contributed by atoms with Gasteiger partial charge in [-0.05, 0) is 48.4 Å². The van der Waals surface area contributed by atoms with Crippen LogP contribution >= 0.6 is 0 Å². The minimum Gasteiger partial charge on any atom is -0.508 e. The van der Waals surface area contributed by atoms with E-state index >= 15 is 0 Å². The number of aromatic hydroxyl groups is 1. The van der Waals surface area contributed by atoms with E-state index in [0.717, 1.165) is 28.9 Å². The van der Waals surface area contributed by atoms with Crippen LogP contribution in [0.3, 0.4) is 0 Å². The molecule has 3 aromatic carbocycles. The lowest BCUT2D eigenvalue weighted by molar-refractivity contribution is 0.239. The molecule has 146 valence electrons. The fourth-order valence-electron chi connectivity index (χ4n) is 2.40. The summed E-state index contributed by atoms with van der Waals surface area (Å²) in [6.45, 7) is 3.59. The van der Waals surface area contributed by atoms with Gasteiger partial charge in [-0.3, -0.25) is 0 Å². The maximum Gasteiger partial charge on any atom is 0.162 e. The highest BCUT2D eigenvalue weighted by molar-refractivity contribution is 5.58. The lowest BCUT2D eigenvalue weighted by atomic mass is 10.1. The van der Waals surface area contributed by atoms with Gasteiger partial charge in [-0.15, -0.1) is 13.0 Å². The second kappa shape index (κ2) is 11.6. The molecule has 0 bridgehead atoms. The number of phenolic OH excluding ortho intramolecular Hbond substituents is 1. The van der Waals surface area contributed by atoms with Crippen molar-refractivity contribution in [2.45, 2.75) is 6.42 Å². The van der Waals surface area contributed by atoms with Gasteiger partial charge in [0.25, 0.3) is 0 Å². The van der Waals surface area contributed by atoms with Crippen molar-refractivity contribution in [2.75, 3.05) is 5.73 Å². The third-order valence-corrected chi connectivity index (χ3v) is 3.83. The lowest BCUT2D eigenvalue weighted by Gasteiger charge is -2.11. The molecule has 4 heteroatoms. The highest BCUT2D eigenvalue weighted by Crippen LogP contribution is 2.20. The van der Waals surface area contributed by atoms with Gasteiger partial charge >= 0.3 is 0 Å². The number of terminal acetylenes is 1. The SMILES string of the molecule is C#Cc1cccc(N)c1.C1=Cc2ccccc2ON1.C=CCc1ccccc1O. The fourth-order valence-corrected chi connectivity index (χ4v) is 2.40. The second-order valence-electron chi connectivity index (χ2n) is 5.98. The van der Waals surface area contributed by atoms with Crippen molar-refractivity contribution in [3.05, 3.63) is 108 Å². The number of nitrogens with one attached hydrogen (secondary N) is 1. The predicted octanol–water partition coefficient (Wildman–Crippen LogP) is 4.93. The fraction of sp³-hybridized carbons (Fsp3) is 0.0400. The molecule has 0 fully saturated rings. The number of benzene rings is 3. The number of allylic oxidation sites excluding steroid dienone is 1. The number of phenols is 1. The van der Waals surface area contributed by atoms with Gasteiger partial charge in [0.1, 0.15) is 5.75 Å². The summed E-state index contributed by atoms with van der Waals surface area (Å²) in [5, 5.41) is 9.19. The standard InChI is InChI=1S/C9H10O.C8H7NO.C8H7N/c1-2-5-8-6-3-4-7-9(8)10;1-2-4-8-7(3-1)5-6-9-10-8;1-2-7-4-3-5-8(9)6-7/h2-4,6-7,10H,1,5H2;1-6,9H;1,3-6H,9H2. The van der Waals surface area contributed by atoms with Crippen LogP contribution in [-0.4, -0.2) is 5.11 Å². The van der Waals surface area contributed by atoms with Crippen molar-refractivity contribution in [1.29, 1.82) is 0 Å². The smallest absolute Gasteiger partial charge is 0.162 e. The molecule has 4 N–H and O–H groups in total. The molecule has 0 atom stereocenters.